The van der Waals surface area contributed by atoms with Gasteiger partial charge in [0.15, 0.2) is 0 Å². The van der Waals surface area contributed by atoms with Crippen molar-refractivity contribution in [3.63, 3.8) is 0 Å². The second-order valence-corrected chi connectivity index (χ2v) is 4.71. The SMILES string of the molecule is COc1cc(C(=O)Nc2ccc(C)c(C)c2)ccc1N. The number of hydrogen-bond donors (Lipinski definition) is 2. The second-order valence-electron chi connectivity index (χ2n) is 4.71. The zero-order valence-electron chi connectivity index (χ0n) is 11.9. The Bertz CT molecular complexity index is 651. The second kappa shape index (κ2) is 5.65. The normalized spacial score (nSPS) is 10.2. The Labute approximate surface area is 118 Å². The number of carbonyl (C=O) groups excluding carboxylic acids is 1. The van der Waals surface area contributed by atoms with E-state index in [1.165, 1.54) is 12.7 Å². The van der Waals surface area contributed by atoms with Crippen molar-refractivity contribution < 1.29 is 9.53 Å². The van der Waals surface area contributed by atoms with Gasteiger partial charge in [0.05, 0.1) is 12.8 Å². The molecular weight excluding hydrogens is 252 g/mol. The molecule has 0 spiro atoms. The highest BCUT2D eigenvalue weighted by atomic mass is 16.5. The molecule has 0 aliphatic carbocycles. The average molecular weight is 270 g/mol. The lowest BCUT2D eigenvalue weighted by Gasteiger charge is -2.09. The molecule has 0 aliphatic rings. The van der Waals surface area contributed by atoms with Crippen LogP contribution in [0.3, 0.4) is 0 Å². The largest absolute Gasteiger partial charge is 0.495 e. The minimum absolute atomic E-state index is 0.188. The molecular formula is C16H18N2O2. The first-order valence-corrected chi connectivity index (χ1v) is 6.33. The van der Waals surface area contributed by atoms with Gasteiger partial charge in [-0.2, -0.15) is 0 Å². The van der Waals surface area contributed by atoms with Crippen molar-refractivity contribution >= 4 is 17.3 Å². The van der Waals surface area contributed by atoms with E-state index in [-0.39, 0.29) is 5.91 Å². The topological polar surface area (TPSA) is 64.3 Å². The van der Waals surface area contributed by atoms with Crippen LogP contribution in [0.1, 0.15) is 21.5 Å². The highest BCUT2D eigenvalue weighted by Gasteiger charge is 2.09. The van der Waals surface area contributed by atoms with Crippen LogP contribution < -0.4 is 15.8 Å². The van der Waals surface area contributed by atoms with Gasteiger partial charge in [0.2, 0.25) is 0 Å². The molecule has 0 heterocycles. The van der Waals surface area contributed by atoms with Crippen molar-refractivity contribution in [2.24, 2.45) is 0 Å². The fraction of sp³-hybridized carbons (Fsp3) is 0.188. The van der Waals surface area contributed by atoms with Gasteiger partial charge in [-0.05, 0) is 55.3 Å². The smallest absolute Gasteiger partial charge is 0.255 e. The highest BCUT2D eigenvalue weighted by molar-refractivity contribution is 6.04. The zero-order chi connectivity index (χ0) is 14.7. The molecule has 104 valence electrons. The predicted molar refractivity (Wildman–Crippen MR) is 81.3 cm³/mol. The third-order valence-electron chi connectivity index (χ3n) is 3.26. The summed E-state index contributed by atoms with van der Waals surface area (Å²) in [6.45, 7) is 4.04. The van der Waals surface area contributed by atoms with Crippen LogP contribution in [0.25, 0.3) is 0 Å². The summed E-state index contributed by atoms with van der Waals surface area (Å²) in [7, 11) is 1.52. The fourth-order valence-electron chi connectivity index (χ4n) is 1.87. The lowest BCUT2D eigenvalue weighted by Crippen LogP contribution is -2.12. The number of anilines is 2. The number of nitrogen functional groups attached to an aromatic ring is 1. The van der Waals surface area contributed by atoms with Crippen LogP contribution >= 0.6 is 0 Å². The summed E-state index contributed by atoms with van der Waals surface area (Å²) in [5.74, 6) is 0.310. The molecule has 1 amide bonds. The maximum atomic E-state index is 12.2. The van der Waals surface area contributed by atoms with Gasteiger partial charge in [-0.1, -0.05) is 6.07 Å². The molecule has 0 radical (unpaired) electrons. The van der Waals surface area contributed by atoms with Crippen LogP contribution in [0.15, 0.2) is 36.4 Å². The van der Waals surface area contributed by atoms with E-state index in [9.17, 15) is 4.79 Å². The fourth-order valence-corrected chi connectivity index (χ4v) is 1.87. The lowest BCUT2D eigenvalue weighted by molar-refractivity contribution is 0.102. The summed E-state index contributed by atoms with van der Waals surface area (Å²) in [5.41, 5.74) is 9.85. The number of amides is 1. The van der Waals surface area contributed by atoms with E-state index < -0.39 is 0 Å². The monoisotopic (exact) mass is 270 g/mol. The van der Waals surface area contributed by atoms with E-state index in [2.05, 4.69) is 5.32 Å². The Morgan fingerprint density at radius 2 is 1.85 bits per heavy atom. The molecule has 3 N–H and O–H groups in total. The van der Waals surface area contributed by atoms with Crippen LogP contribution in [0.4, 0.5) is 11.4 Å². The van der Waals surface area contributed by atoms with Crippen LogP contribution in [0.2, 0.25) is 0 Å². The molecule has 4 nitrogen and oxygen atoms in total. The predicted octanol–water partition coefficient (Wildman–Crippen LogP) is 3.15. The van der Waals surface area contributed by atoms with Crippen molar-refractivity contribution in [3.05, 3.63) is 53.1 Å². The van der Waals surface area contributed by atoms with Crippen molar-refractivity contribution in [2.45, 2.75) is 13.8 Å². The molecule has 20 heavy (non-hydrogen) atoms. The Balaban J connectivity index is 2.21. The quantitative estimate of drug-likeness (QED) is 0.842. The van der Waals surface area contributed by atoms with Crippen molar-refractivity contribution in [3.8, 4) is 5.75 Å². The van der Waals surface area contributed by atoms with Gasteiger partial charge in [0.1, 0.15) is 5.75 Å². The Morgan fingerprint density at radius 3 is 2.50 bits per heavy atom. The van der Waals surface area contributed by atoms with Gasteiger partial charge in [-0.15, -0.1) is 0 Å². The standard InChI is InChI=1S/C16H18N2O2/c1-10-4-6-13(8-11(10)2)18-16(19)12-5-7-14(17)15(9-12)20-3/h4-9H,17H2,1-3H3,(H,18,19). The summed E-state index contributed by atoms with van der Waals surface area (Å²) in [4.78, 5) is 12.2. The van der Waals surface area contributed by atoms with Crippen LogP contribution in [-0.2, 0) is 0 Å². The maximum Gasteiger partial charge on any atom is 0.255 e. The van der Waals surface area contributed by atoms with Crippen molar-refractivity contribution in [1.29, 1.82) is 0 Å². The number of aryl methyl sites for hydroxylation is 2. The molecule has 0 aromatic heterocycles. The molecule has 0 unspecified atom stereocenters. The minimum Gasteiger partial charge on any atom is -0.495 e. The molecule has 2 aromatic rings. The number of rotatable bonds is 3. The summed E-state index contributed by atoms with van der Waals surface area (Å²) in [5, 5.41) is 2.86. The van der Waals surface area contributed by atoms with E-state index in [1.54, 1.807) is 18.2 Å². The van der Waals surface area contributed by atoms with Gasteiger partial charge >= 0.3 is 0 Å². The van der Waals surface area contributed by atoms with Crippen molar-refractivity contribution in [2.75, 3.05) is 18.2 Å². The van der Waals surface area contributed by atoms with Gasteiger partial charge in [-0.3, -0.25) is 4.79 Å². The van der Waals surface area contributed by atoms with Crippen LogP contribution in [0.5, 0.6) is 5.75 Å². The average Bonchev–Trinajstić information content (AvgIpc) is 2.43. The molecule has 0 atom stereocenters. The van der Waals surface area contributed by atoms with Gasteiger partial charge in [0, 0.05) is 11.3 Å². The Hall–Kier alpha value is -2.49. The third-order valence-corrected chi connectivity index (χ3v) is 3.26. The summed E-state index contributed by atoms with van der Waals surface area (Å²) >= 11 is 0. The zero-order valence-corrected chi connectivity index (χ0v) is 11.9. The molecule has 2 aromatic carbocycles. The Kier molecular flexibility index (Phi) is 3.94. The molecule has 0 saturated heterocycles. The number of methoxy groups -OCH3 is 1. The number of ether oxygens (including phenoxy) is 1. The maximum absolute atomic E-state index is 12.2. The number of nitrogens with two attached hydrogens (primary N) is 1. The first-order valence-electron chi connectivity index (χ1n) is 6.33. The van der Waals surface area contributed by atoms with Crippen LogP contribution in [-0.4, -0.2) is 13.0 Å². The highest BCUT2D eigenvalue weighted by Crippen LogP contribution is 2.23. The third kappa shape index (κ3) is 2.91. The van der Waals surface area contributed by atoms with E-state index in [0.29, 0.717) is 17.0 Å². The first kappa shape index (κ1) is 13.9. The van der Waals surface area contributed by atoms with Gasteiger partial charge in [-0.25, -0.2) is 0 Å². The van der Waals surface area contributed by atoms with Crippen molar-refractivity contribution in [1.82, 2.24) is 0 Å². The number of hydrogen-bond acceptors (Lipinski definition) is 3. The number of nitrogens with one attached hydrogen (secondary N) is 1. The summed E-state index contributed by atoms with van der Waals surface area (Å²) < 4.78 is 5.12. The summed E-state index contributed by atoms with van der Waals surface area (Å²) in [6, 6.07) is 10.8. The summed E-state index contributed by atoms with van der Waals surface area (Å²) in [6.07, 6.45) is 0. The number of carbonyl (C=O) groups is 1. The first-order chi connectivity index (χ1) is 9.51. The molecule has 0 aliphatic heterocycles. The van der Waals surface area contributed by atoms with Gasteiger partial charge < -0.3 is 15.8 Å². The Morgan fingerprint density at radius 1 is 1.10 bits per heavy atom. The van der Waals surface area contributed by atoms with Crippen LogP contribution in [0, 0.1) is 13.8 Å². The molecule has 0 fully saturated rings. The minimum atomic E-state index is -0.188. The molecule has 0 bridgehead atoms. The number of benzene rings is 2. The van der Waals surface area contributed by atoms with E-state index >= 15 is 0 Å². The van der Waals surface area contributed by atoms with E-state index in [1.807, 2.05) is 32.0 Å². The van der Waals surface area contributed by atoms with E-state index in [0.717, 1.165) is 11.3 Å². The molecule has 4 heteroatoms. The molecule has 0 saturated carbocycles. The van der Waals surface area contributed by atoms with Gasteiger partial charge in [0.25, 0.3) is 5.91 Å². The molecule has 2 rings (SSSR count). The lowest BCUT2D eigenvalue weighted by atomic mass is 10.1. The van der Waals surface area contributed by atoms with E-state index in [4.69, 9.17) is 10.5 Å².